The summed E-state index contributed by atoms with van der Waals surface area (Å²) in [5.41, 5.74) is 1.35. The second kappa shape index (κ2) is 6.03. The second-order valence-corrected chi connectivity index (χ2v) is 4.60. The van der Waals surface area contributed by atoms with Crippen molar-refractivity contribution >= 4 is 23.4 Å². The normalized spacial score (nSPS) is 9.68. The van der Waals surface area contributed by atoms with Gasteiger partial charge in [-0.25, -0.2) is 0 Å². The predicted molar refractivity (Wildman–Crippen MR) is 75.1 cm³/mol. The molecule has 0 aliphatic carbocycles. The average Bonchev–Trinajstić information content (AvgIpc) is 2.48. The van der Waals surface area contributed by atoms with E-state index in [9.17, 15) is 4.79 Å². The van der Waals surface area contributed by atoms with Crippen molar-refractivity contribution in [2.75, 3.05) is 11.6 Å². The molecule has 1 aromatic carbocycles. The first-order chi connectivity index (χ1) is 9.22. The first kappa shape index (κ1) is 13.1. The van der Waals surface area contributed by atoms with Gasteiger partial charge in [0.25, 0.3) is 5.91 Å². The molecule has 0 bridgehead atoms. The van der Waals surface area contributed by atoms with E-state index in [1.807, 2.05) is 36.6 Å². The smallest absolute Gasteiger partial charge is 0.274 e. The maximum absolute atomic E-state index is 11.9. The summed E-state index contributed by atoms with van der Waals surface area (Å²) in [6.45, 7) is 0. The van der Waals surface area contributed by atoms with Gasteiger partial charge in [0.2, 0.25) is 0 Å². The summed E-state index contributed by atoms with van der Waals surface area (Å²) < 4.78 is 0. The molecular formula is C14H11N3OS. The highest BCUT2D eigenvalue weighted by Gasteiger charge is 2.08. The third kappa shape index (κ3) is 3.33. The number of aromatic nitrogens is 1. The van der Waals surface area contributed by atoms with Gasteiger partial charge in [-0.3, -0.25) is 9.78 Å². The lowest BCUT2D eigenvalue weighted by molar-refractivity contribution is 0.102. The number of nitrogens with one attached hydrogen (secondary N) is 1. The Morgan fingerprint density at radius 3 is 2.68 bits per heavy atom. The monoisotopic (exact) mass is 269 g/mol. The van der Waals surface area contributed by atoms with Crippen LogP contribution < -0.4 is 5.32 Å². The highest BCUT2D eigenvalue weighted by atomic mass is 32.2. The molecule has 0 saturated carbocycles. The highest BCUT2D eigenvalue weighted by molar-refractivity contribution is 7.98. The van der Waals surface area contributed by atoms with E-state index >= 15 is 0 Å². The van der Waals surface area contributed by atoms with E-state index in [2.05, 4.69) is 10.3 Å². The van der Waals surface area contributed by atoms with Crippen LogP contribution in [-0.4, -0.2) is 17.1 Å². The number of nitriles is 1. The van der Waals surface area contributed by atoms with Crippen molar-refractivity contribution in [2.45, 2.75) is 4.90 Å². The lowest BCUT2D eigenvalue weighted by Gasteiger charge is -2.05. The Hall–Kier alpha value is -2.32. The van der Waals surface area contributed by atoms with Gasteiger partial charge in [0.05, 0.1) is 11.6 Å². The minimum atomic E-state index is -0.325. The van der Waals surface area contributed by atoms with E-state index in [0.29, 0.717) is 11.3 Å². The topological polar surface area (TPSA) is 65.8 Å². The lowest BCUT2D eigenvalue weighted by atomic mass is 10.2. The summed E-state index contributed by atoms with van der Waals surface area (Å²) in [7, 11) is 0. The van der Waals surface area contributed by atoms with Gasteiger partial charge in [-0.15, -0.1) is 11.8 Å². The lowest BCUT2D eigenvalue weighted by Crippen LogP contribution is -2.13. The molecule has 94 valence electrons. The third-order valence-corrected chi connectivity index (χ3v) is 3.21. The van der Waals surface area contributed by atoms with Gasteiger partial charge in [0.1, 0.15) is 5.69 Å². The number of anilines is 1. The Morgan fingerprint density at radius 2 is 2.05 bits per heavy atom. The molecule has 19 heavy (non-hydrogen) atoms. The summed E-state index contributed by atoms with van der Waals surface area (Å²) in [5.74, 6) is -0.325. The van der Waals surface area contributed by atoms with Crippen LogP contribution in [0.4, 0.5) is 5.69 Å². The summed E-state index contributed by atoms with van der Waals surface area (Å²) in [6, 6.07) is 12.5. The van der Waals surface area contributed by atoms with Gasteiger partial charge in [-0.1, -0.05) is 0 Å². The number of hydrogen-bond acceptors (Lipinski definition) is 4. The Bertz CT molecular complexity index is 632. The minimum absolute atomic E-state index is 0.230. The van der Waals surface area contributed by atoms with Crippen LogP contribution in [0.1, 0.15) is 16.1 Å². The summed E-state index contributed by atoms with van der Waals surface area (Å²) in [6.07, 6.45) is 3.44. The van der Waals surface area contributed by atoms with E-state index < -0.39 is 0 Å². The van der Waals surface area contributed by atoms with E-state index in [1.54, 1.807) is 17.8 Å². The SMILES string of the molecule is CSc1ccc(NC(=O)c2cc(C#N)ccn2)cc1. The molecule has 0 spiro atoms. The fourth-order valence-electron chi connectivity index (χ4n) is 1.49. The Labute approximate surface area is 115 Å². The molecule has 0 unspecified atom stereocenters. The number of rotatable bonds is 3. The predicted octanol–water partition coefficient (Wildman–Crippen LogP) is 2.93. The van der Waals surface area contributed by atoms with Gasteiger partial charge >= 0.3 is 0 Å². The van der Waals surface area contributed by atoms with Gasteiger partial charge in [-0.05, 0) is 42.7 Å². The Morgan fingerprint density at radius 1 is 1.32 bits per heavy atom. The summed E-state index contributed by atoms with van der Waals surface area (Å²) in [4.78, 5) is 17.0. The van der Waals surface area contributed by atoms with Crippen LogP contribution in [0.2, 0.25) is 0 Å². The standard InChI is InChI=1S/C14H11N3OS/c1-19-12-4-2-11(3-5-12)17-14(18)13-8-10(9-15)6-7-16-13/h2-8H,1H3,(H,17,18). The average molecular weight is 269 g/mol. The van der Waals surface area contributed by atoms with Gasteiger partial charge < -0.3 is 5.32 Å². The molecule has 1 aromatic heterocycles. The van der Waals surface area contributed by atoms with Crippen molar-refractivity contribution in [3.8, 4) is 6.07 Å². The van der Waals surface area contributed by atoms with Crippen molar-refractivity contribution in [3.05, 3.63) is 53.9 Å². The summed E-state index contributed by atoms with van der Waals surface area (Å²) in [5, 5.41) is 11.5. The van der Waals surface area contributed by atoms with Crippen molar-refractivity contribution in [1.82, 2.24) is 4.98 Å². The zero-order valence-corrected chi connectivity index (χ0v) is 11.1. The number of carbonyl (C=O) groups is 1. The zero-order valence-electron chi connectivity index (χ0n) is 10.3. The van der Waals surface area contributed by atoms with Crippen LogP contribution in [0.25, 0.3) is 0 Å². The largest absolute Gasteiger partial charge is 0.321 e. The first-order valence-corrected chi connectivity index (χ1v) is 6.77. The fraction of sp³-hybridized carbons (Fsp3) is 0.0714. The van der Waals surface area contributed by atoms with Crippen molar-refractivity contribution in [3.63, 3.8) is 0 Å². The van der Waals surface area contributed by atoms with Crippen LogP contribution >= 0.6 is 11.8 Å². The molecule has 1 amide bonds. The number of hydrogen-bond donors (Lipinski definition) is 1. The Balaban J connectivity index is 2.13. The first-order valence-electron chi connectivity index (χ1n) is 5.54. The molecule has 4 nitrogen and oxygen atoms in total. The maximum atomic E-state index is 11.9. The van der Waals surface area contributed by atoms with E-state index in [0.717, 1.165) is 4.90 Å². The number of amides is 1. The van der Waals surface area contributed by atoms with Crippen LogP contribution in [0.5, 0.6) is 0 Å². The second-order valence-electron chi connectivity index (χ2n) is 3.72. The zero-order chi connectivity index (χ0) is 13.7. The molecule has 0 radical (unpaired) electrons. The minimum Gasteiger partial charge on any atom is -0.321 e. The van der Waals surface area contributed by atoms with E-state index in [4.69, 9.17) is 5.26 Å². The highest BCUT2D eigenvalue weighted by Crippen LogP contribution is 2.17. The number of carbonyl (C=O) groups excluding carboxylic acids is 1. The summed E-state index contributed by atoms with van der Waals surface area (Å²) >= 11 is 1.64. The van der Waals surface area contributed by atoms with Crippen molar-refractivity contribution < 1.29 is 4.79 Å². The Kier molecular flexibility index (Phi) is 4.16. The van der Waals surface area contributed by atoms with Crippen LogP contribution in [0, 0.1) is 11.3 Å². The molecule has 0 fully saturated rings. The molecule has 2 rings (SSSR count). The molecule has 1 N–H and O–H groups in total. The van der Waals surface area contributed by atoms with Crippen LogP contribution in [0.15, 0.2) is 47.5 Å². The number of benzene rings is 1. The molecule has 0 saturated heterocycles. The molecule has 5 heteroatoms. The van der Waals surface area contributed by atoms with Crippen molar-refractivity contribution in [1.29, 1.82) is 5.26 Å². The van der Waals surface area contributed by atoms with Gasteiger partial charge in [0.15, 0.2) is 0 Å². The quantitative estimate of drug-likeness (QED) is 0.870. The molecule has 1 heterocycles. The van der Waals surface area contributed by atoms with E-state index in [-0.39, 0.29) is 11.6 Å². The third-order valence-electron chi connectivity index (χ3n) is 2.47. The van der Waals surface area contributed by atoms with Gasteiger partial charge in [-0.2, -0.15) is 5.26 Å². The molecule has 0 atom stereocenters. The molecule has 0 aliphatic heterocycles. The van der Waals surface area contributed by atoms with Crippen molar-refractivity contribution in [2.24, 2.45) is 0 Å². The van der Waals surface area contributed by atoms with E-state index in [1.165, 1.54) is 12.3 Å². The molecule has 2 aromatic rings. The van der Waals surface area contributed by atoms with Gasteiger partial charge in [0, 0.05) is 16.8 Å². The number of pyridine rings is 1. The maximum Gasteiger partial charge on any atom is 0.274 e. The molecular weight excluding hydrogens is 258 g/mol. The van der Waals surface area contributed by atoms with Crippen LogP contribution in [-0.2, 0) is 0 Å². The number of thioether (sulfide) groups is 1. The number of nitrogens with zero attached hydrogens (tertiary/aromatic N) is 2. The fourth-order valence-corrected chi connectivity index (χ4v) is 1.90. The molecule has 0 aliphatic rings. The van der Waals surface area contributed by atoms with Crippen LogP contribution in [0.3, 0.4) is 0 Å².